The molecule has 4 aliphatic rings. The lowest BCUT2D eigenvalue weighted by Crippen LogP contribution is -2.48. The Morgan fingerprint density at radius 3 is 2.14 bits per heavy atom. The molecule has 1 N–H and O–H groups in total. The van der Waals surface area contributed by atoms with Gasteiger partial charge in [0.25, 0.3) is 5.91 Å². The quantitative estimate of drug-likeness (QED) is 0.143. The van der Waals surface area contributed by atoms with Crippen molar-refractivity contribution >= 4 is 17.2 Å². The van der Waals surface area contributed by atoms with E-state index in [1.165, 1.54) is 16.7 Å². The Hall–Kier alpha value is -4.55. The molecule has 0 radical (unpaired) electrons. The number of carbonyl (C=O) groups is 1. The van der Waals surface area contributed by atoms with Gasteiger partial charge in [0, 0.05) is 38.0 Å². The Morgan fingerprint density at radius 2 is 1.48 bits per heavy atom. The monoisotopic (exact) mass is 808 g/mol. The van der Waals surface area contributed by atoms with Gasteiger partial charge in [-0.15, -0.1) is 0 Å². The lowest BCUT2D eigenvalue weighted by Gasteiger charge is -2.49. The molecule has 6 atom stereocenters. The average Bonchev–Trinajstić information content (AvgIpc) is 3.82. The lowest BCUT2D eigenvalue weighted by atomic mass is 9.72. The van der Waals surface area contributed by atoms with Crippen LogP contribution in [0.3, 0.4) is 0 Å². The molecule has 0 bridgehead atoms. The molecule has 8 rings (SSSR count). The molecule has 58 heavy (non-hydrogen) atoms. The first-order valence-corrected chi connectivity index (χ1v) is 21.5. The van der Waals surface area contributed by atoms with E-state index in [4.69, 9.17) is 28.4 Å². The summed E-state index contributed by atoms with van der Waals surface area (Å²) in [5.74, 6) is 3.90. The first-order chi connectivity index (χ1) is 28.3. The molecule has 10 nitrogen and oxygen atoms in total. The van der Waals surface area contributed by atoms with Gasteiger partial charge in [-0.3, -0.25) is 9.69 Å². The number of methoxy groups -OCH3 is 4. The predicted molar refractivity (Wildman–Crippen MR) is 224 cm³/mol. The standard InChI is InChI=1S/C47H56N2O8S/c1-6-31-25-48-14-11-32-19-41(52-2)43(54-4)23-37(32)39(48)17-35(31)18-40-38-24-44(55-5)42(53-3)20-33(38)12-15-49(40)47(51)45-21-36(34-13-16-58-28-34)22-46(57-45)56-27-30-9-7-29(26-50)8-10-30/h7-10,13,16,19-21,23-24,28,31,35-36,39-40,46,50H,6,11-12,14-15,17-18,22,25-27H2,1-5H3. The topological polar surface area (TPSA) is 99.2 Å². The van der Waals surface area contributed by atoms with Crippen LogP contribution >= 0.6 is 11.3 Å². The fourth-order valence-electron chi connectivity index (χ4n) is 9.77. The number of amides is 1. The molecule has 4 aliphatic heterocycles. The number of nitrogens with zero attached hydrogens (tertiary/aromatic N) is 2. The largest absolute Gasteiger partial charge is 0.493 e. The van der Waals surface area contributed by atoms with Crippen LogP contribution in [0.25, 0.3) is 0 Å². The van der Waals surface area contributed by atoms with Crippen molar-refractivity contribution in [3.63, 3.8) is 0 Å². The minimum absolute atomic E-state index is 0.00848. The van der Waals surface area contributed by atoms with Crippen LogP contribution < -0.4 is 18.9 Å². The number of aliphatic hydroxyl groups excluding tert-OH is 1. The number of aliphatic hydroxyl groups is 1. The van der Waals surface area contributed by atoms with Gasteiger partial charge in [-0.1, -0.05) is 37.6 Å². The number of ether oxygens (including phenoxy) is 6. The SMILES string of the molecule is CCC1CN2CCc3cc(OC)c(OC)cc3C2CC1CC1c2cc(OC)c(OC)cc2CCN1C(=O)C1=CC(c2ccsc2)CC(OCc2ccc(CO)cc2)O1. The van der Waals surface area contributed by atoms with Gasteiger partial charge in [0.15, 0.2) is 28.8 Å². The van der Waals surface area contributed by atoms with E-state index >= 15 is 4.79 Å². The number of rotatable bonds is 13. The summed E-state index contributed by atoms with van der Waals surface area (Å²) in [6.45, 7) is 5.20. The van der Waals surface area contributed by atoms with E-state index in [1.54, 1.807) is 39.8 Å². The third-order valence-electron chi connectivity index (χ3n) is 13.0. The number of carbonyl (C=O) groups excluding carboxylic acids is 1. The summed E-state index contributed by atoms with van der Waals surface area (Å²) >= 11 is 1.65. The average molecular weight is 809 g/mol. The Morgan fingerprint density at radius 1 is 0.828 bits per heavy atom. The molecule has 0 spiro atoms. The van der Waals surface area contributed by atoms with E-state index in [0.717, 1.165) is 72.5 Å². The van der Waals surface area contributed by atoms with Crippen LogP contribution in [0.15, 0.2) is 77.2 Å². The maximum absolute atomic E-state index is 15.1. The molecule has 5 heterocycles. The zero-order chi connectivity index (χ0) is 40.3. The van der Waals surface area contributed by atoms with Crippen molar-refractivity contribution in [1.29, 1.82) is 0 Å². The molecule has 1 aromatic heterocycles. The summed E-state index contributed by atoms with van der Waals surface area (Å²) in [6, 6.07) is 18.4. The van der Waals surface area contributed by atoms with Crippen LogP contribution in [0.1, 0.15) is 89.6 Å². The highest BCUT2D eigenvalue weighted by Gasteiger charge is 2.43. The minimum Gasteiger partial charge on any atom is -0.493 e. The Kier molecular flexibility index (Phi) is 12.3. The van der Waals surface area contributed by atoms with Gasteiger partial charge in [0.1, 0.15) is 0 Å². The van der Waals surface area contributed by atoms with Crippen LogP contribution in [-0.4, -0.2) is 75.2 Å². The molecule has 0 saturated carbocycles. The van der Waals surface area contributed by atoms with Crippen molar-refractivity contribution in [1.82, 2.24) is 9.80 Å². The summed E-state index contributed by atoms with van der Waals surface area (Å²) in [7, 11) is 6.75. The van der Waals surface area contributed by atoms with Crippen molar-refractivity contribution < 1.29 is 38.3 Å². The van der Waals surface area contributed by atoms with Crippen LogP contribution in [0.2, 0.25) is 0 Å². The molecule has 1 amide bonds. The first kappa shape index (κ1) is 40.2. The molecule has 0 aliphatic carbocycles. The zero-order valence-electron chi connectivity index (χ0n) is 34.3. The Labute approximate surface area is 346 Å². The summed E-state index contributed by atoms with van der Waals surface area (Å²) in [5, 5.41) is 13.7. The molecule has 11 heteroatoms. The summed E-state index contributed by atoms with van der Waals surface area (Å²) in [6.07, 6.45) is 6.52. The lowest BCUT2D eigenvalue weighted by molar-refractivity contribution is -0.158. The molecule has 3 aromatic carbocycles. The van der Waals surface area contributed by atoms with Crippen LogP contribution in [0, 0.1) is 11.8 Å². The van der Waals surface area contributed by atoms with E-state index in [2.05, 4.69) is 57.8 Å². The van der Waals surface area contributed by atoms with E-state index in [0.29, 0.717) is 55.1 Å². The van der Waals surface area contributed by atoms with E-state index in [1.807, 2.05) is 30.3 Å². The number of thiophene rings is 1. The normalized spacial score (nSPS) is 24.1. The number of fused-ring (bicyclic) bond motifs is 4. The predicted octanol–water partition coefficient (Wildman–Crippen LogP) is 8.37. The van der Waals surface area contributed by atoms with E-state index < -0.39 is 6.29 Å². The van der Waals surface area contributed by atoms with Gasteiger partial charge >= 0.3 is 0 Å². The molecular weight excluding hydrogens is 753 g/mol. The van der Waals surface area contributed by atoms with Gasteiger partial charge in [0.05, 0.1) is 47.7 Å². The summed E-state index contributed by atoms with van der Waals surface area (Å²) in [4.78, 5) is 19.9. The van der Waals surface area contributed by atoms with Crippen LogP contribution in [-0.2, 0) is 40.3 Å². The number of hydrogen-bond acceptors (Lipinski definition) is 10. The fourth-order valence-corrected chi connectivity index (χ4v) is 10.5. The zero-order valence-corrected chi connectivity index (χ0v) is 35.1. The number of hydrogen-bond donors (Lipinski definition) is 1. The number of allylic oxidation sites excluding steroid dienone is 1. The summed E-state index contributed by atoms with van der Waals surface area (Å²) in [5.41, 5.74) is 7.90. The first-order valence-electron chi connectivity index (χ1n) is 20.6. The molecule has 1 saturated heterocycles. The second kappa shape index (κ2) is 17.7. The molecule has 308 valence electrons. The van der Waals surface area contributed by atoms with Crippen molar-refractivity contribution in [2.24, 2.45) is 11.8 Å². The van der Waals surface area contributed by atoms with Gasteiger partial charge in [0.2, 0.25) is 6.29 Å². The molecule has 6 unspecified atom stereocenters. The van der Waals surface area contributed by atoms with Crippen molar-refractivity contribution in [2.45, 2.75) is 83.0 Å². The molecule has 1 fully saturated rings. The number of piperidine rings is 1. The highest BCUT2D eigenvalue weighted by molar-refractivity contribution is 7.08. The maximum Gasteiger partial charge on any atom is 0.289 e. The third-order valence-corrected chi connectivity index (χ3v) is 13.7. The van der Waals surface area contributed by atoms with Crippen molar-refractivity contribution in [2.75, 3.05) is 48.1 Å². The van der Waals surface area contributed by atoms with Crippen molar-refractivity contribution in [3.8, 4) is 23.0 Å². The molecular formula is C47H56N2O8S. The summed E-state index contributed by atoms with van der Waals surface area (Å²) < 4.78 is 36.0. The van der Waals surface area contributed by atoms with Gasteiger partial charge in [-0.2, -0.15) is 11.3 Å². The highest BCUT2D eigenvalue weighted by atomic mass is 32.1. The van der Waals surface area contributed by atoms with E-state index in [-0.39, 0.29) is 30.5 Å². The Bertz CT molecular complexity index is 2080. The maximum atomic E-state index is 15.1. The van der Waals surface area contributed by atoms with Gasteiger partial charge in [-0.25, -0.2) is 0 Å². The molecule has 4 aromatic rings. The third kappa shape index (κ3) is 8.06. The minimum atomic E-state index is -0.609. The second-order valence-electron chi connectivity index (χ2n) is 16.0. The second-order valence-corrected chi connectivity index (χ2v) is 16.8. The highest BCUT2D eigenvalue weighted by Crippen LogP contribution is 2.50. The smallest absolute Gasteiger partial charge is 0.289 e. The van der Waals surface area contributed by atoms with Crippen LogP contribution in [0.4, 0.5) is 0 Å². The fraction of sp³-hybridized carbons (Fsp3) is 0.468. The van der Waals surface area contributed by atoms with Crippen LogP contribution in [0.5, 0.6) is 23.0 Å². The van der Waals surface area contributed by atoms with E-state index in [9.17, 15) is 5.11 Å². The Balaban J connectivity index is 1.12. The van der Waals surface area contributed by atoms with Crippen molar-refractivity contribution in [3.05, 3.63) is 116 Å². The number of benzene rings is 3. The van der Waals surface area contributed by atoms with Gasteiger partial charge < -0.3 is 38.4 Å². The van der Waals surface area contributed by atoms with Gasteiger partial charge in [-0.05, 0) is 124 Å².